The number of carbonyl (C=O) groups excluding carboxylic acids is 3. The van der Waals surface area contributed by atoms with Crippen LogP contribution in [0.5, 0.6) is 0 Å². The molecule has 8 heteroatoms. The monoisotopic (exact) mass is 478 g/mol. The second-order valence-corrected chi connectivity index (χ2v) is 9.89. The highest BCUT2D eigenvalue weighted by Gasteiger charge is 2.37. The predicted molar refractivity (Wildman–Crippen MR) is 135 cm³/mol. The lowest BCUT2D eigenvalue weighted by molar-refractivity contribution is -0.127. The summed E-state index contributed by atoms with van der Waals surface area (Å²) in [5.74, 6) is -1.44. The number of rotatable bonds is 5. The van der Waals surface area contributed by atoms with Crippen LogP contribution in [-0.2, 0) is 9.59 Å². The number of benzene rings is 2. The molecule has 1 atom stereocenters. The van der Waals surface area contributed by atoms with Crippen molar-refractivity contribution in [3.05, 3.63) is 64.6 Å². The number of carbonyl (C=O) groups is 3. The first-order valence-corrected chi connectivity index (χ1v) is 11.8. The van der Waals surface area contributed by atoms with Crippen molar-refractivity contribution in [3.63, 3.8) is 0 Å². The number of amides is 4. The average molecular weight is 479 g/mol. The van der Waals surface area contributed by atoms with E-state index in [0.29, 0.717) is 5.69 Å². The molecule has 0 saturated carbocycles. The summed E-state index contributed by atoms with van der Waals surface area (Å²) in [6.45, 7) is 10.7. The number of hydrogen-bond donors (Lipinski definition) is 2. The summed E-state index contributed by atoms with van der Waals surface area (Å²) in [4.78, 5) is 40.7. The fourth-order valence-corrected chi connectivity index (χ4v) is 5.17. The Hall–Kier alpha value is -3.68. The molecule has 1 unspecified atom stereocenters. The van der Waals surface area contributed by atoms with Gasteiger partial charge in [-0.3, -0.25) is 9.59 Å². The van der Waals surface area contributed by atoms with E-state index in [9.17, 15) is 14.4 Å². The Balaban J connectivity index is 1.56. The van der Waals surface area contributed by atoms with Gasteiger partial charge in [0.25, 0.3) is 5.91 Å². The van der Waals surface area contributed by atoms with E-state index in [-0.39, 0.29) is 22.7 Å². The molecule has 0 spiro atoms. The molecule has 184 valence electrons. The van der Waals surface area contributed by atoms with Crippen LogP contribution in [0.2, 0.25) is 0 Å². The van der Waals surface area contributed by atoms with Gasteiger partial charge in [-0.05, 0) is 81.5 Å². The van der Waals surface area contributed by atoms with Crippen molar-refractivity contribution in [2.24, 2.45) is 0 Å². The Kier molecular flexibility index (Phi) is 6.40. The lowest BCUT2D eigenvalue weighted by Gasteiger charge is -2.47. The van der Waals surface area contributed by atoms with Crippen molar-refractivity contribution in [2.75, 3.05) is 23.3 Å². The Morgan fingerprint density at radius 1 is 1.26 bits per heavy atom. The molecule has 35 heavy (non-hydrogen) atoms. The highest BCUT2D eigenvalue weighted by atomic mass is 19.1. The minimum atomic E-state index is -0.716. The Morgan fingerprint density at radius 3 is 2.69 bits per heavy atom. The van der Waals surface area contributed by atoms with Crippen molar-refractivity contribution in [1.82, 2.24) is 10.2 Å². The molecular weight excluding hydrogens is 447 g/mol. The number of imide groups is 1. The van der Waals surface area contributed by atoms with Crippen LogP contribution >= 0.6 is 0 Å². The zero-order valence-electron chi connectivity index (χ0n) is 20.7. The molecule has 0 aromatic heterocycles. The topological polar surface area (TPSA) is 81.8 Å². The number of nitrogens with zero attached hydrogens (tertiary/aromatic N) is 2. The van der Waals surface area contributed by atoms with Crippen LogP contribution in [-0.4, -0.2) is 41.4 Å². The quantitative estimate of drug-likeness (QED) is 0.479. The van der Waals surface area contributed by atoms with Gasteiger partial charge in [0.15, 0.2) is 0 Å². The number of halogens is 1. The highest BCUT2D eigenvalue weighted by Crippen LogP contribution is 2.44. The predicted octanol–water partition coefficient (Wildman–Crippen LogP) is 4.78. The minimum Gasteiger partial charge on any atom is -0.366 e. The van der Waals surface area contributed by atoms with Crippen molar-refractivity contribution < 1.29 is 18.8 Å². The second-order valence-electron chi connectivity index (χ2n) is 9.89. The van der Waals surface area contributed by atoms with E-state index < -0.39 is 30.2 Å². The minimum absolute atomic E-state index is 0.0617. The van der Waals surface area contributed by atoms with Gasteiger partial charge in [-0.2, -0.15) is 0 Å². The van der Waals surface area contributed by atoms with Crippen molar-refractivity contribution in [3.8, 4) is 0 Å². The molecule has 4 amide bonds. The van der Waals surface area contributed by atoms with Gasteiger partial charge < -0.3 is 15.5 Å². The van der Waals surface area contributed by atoms with Gasteiger partial charge in [0.05, 0.1) is 0 Å². The van der Waals surface area contributed by atoms with E-state index in [1.54, 1.807) is 24.3 Å². The molecule has 2 aliphatic heterocycles. The molecule has 2 aromatic carbocycles. The van der Waals surface area contributed by atoms with Crippen LogP contribution in [0.25, 0.3) is 6.08 Å². The van der Waals surface area contributed by atoms with Crippen molar-refractivity contribution in [1.29, 1.82) is 0 Å². The Bertz CT molecular complexity index is 1240. The number of hydrogen-bond acceptors (Lipinski definition) is 4. The van der Waals surface area contributed by atoms with Crippen LogP contribution in [0.4, 0.5) is 20.6 Å². The first kappa shape index (κ1) is 24.4. The maximum absolute atomic E-state index is 15.2. The van der Waals surface area contributed by atoms with E-state index in [1.165, 1.54) is 12.1 Å². The third-order valence-electron chi connectivity index (χ3n) is 6.69. The summed E-state index contributed by atoms with van der Waals surface area (Å²) in [5.41, 5.74) is 3.47. The summed E-state index contributed by atoms with van der Waals surface area (Å²) >= 11 is 0. The van der Waals surface area contributed by atoms with Gasteiger partial charge >= 0.3 is 6.03 Å². The zero-order chi connectivity index (χ0) is 25.5. The highest BCUT2D eigenvalue weighted by molar-refractivity contribution is 6.16. The summed E-state index contributed by atoms with van der Waals surface area (Å²) < 4.78 is 15.2. The summed E-state index contributed by atoms with van der Waals surface area (Å²) in [7, 11) is 0. The summed E-state index contributed by atoms with van der Waals surface area (Å²) in [6, 6.07) is 9.76. The Labute approximate surface area is 205 Å². The van der Waals surface area contributed by atoms with Crippen molar-refractivity contribution >= 4 is 35.3 Å². The maximum atomic E-state index is 15.2. The molecular formula is C27H31FN4O3. The van der Waals surface area contributed by atoms with Gasteiger partial charge in [0.1, 0.15) is 18.1 Å². The van der Waals surface area contributed by atoms with E-state index >= 15 is 4.39 Å². The number of urea groups is 1. The summed E-state index contributed by atoms with van der Waals surface area (Å²) in [5, 5.41) is 5.16. The largest absolute Gasteiger partial charge is 0.366 e. The molecule has 1 saturated heterocycles. The molecule has 2 aliphatic rings. The van der Waals surface area contributed by atoms with Crippen LogP contribution in [0.15, 0.2) is 42.1 Å². The van der Waals surface area contributed by atoms with Gasteiger partial charge in [-0.15, -0.1) is 0 Å². The van der Waals surface area contributed by atoms with Gasteiger partial charge in [-0.1, -0.05) is 19.1 Å². The van der Waals surface area contributed by atoms with Gasteiger partial charge in [0, 0.05) is 29.0 Å². The third-order valence-corrected chi connectivity index (χ3v) is 6.69. The normalized spacial score (nSPS) is 20.2. The van der Waals surface area contributed by atoms with E-state index in [4.69, 9.17) is 0 Å². The first-order chi connectivity index (χ1) is 16.5. The fraction of sp³-hybridized carbons (Fsp3) is 0.370. The van der Waals surface area contributed by atoms with Crippen LogP contribution in [0.3, 0.4) is 0 Å². The van der Waals surface area contributed by atoms with Gasteiger partial charge in [-0.25, -0.2) is 14.1 Å². The first-order valence-electron chi connectivity index (χ1n) is 11.8. The fourth-order valence-electron chi connectivity index (χ4n) is 5.17. The molecule has 2 N–H and O–H groups in total. The van der Waals surface area contributed by atoms with E-state index in [1.807, 2.05) is 19.9 Å². The van der Waals surface area contributed by atoms with Crippen molar-refractivity contribution in [2.45, 2.75) is 52.5 Å². The standard InChI is InChI=1S/C27H31FN4O3/c1-6-32-23-13-21(28)18(11-20(23)17(3)14-27(32,4)5)12-22-25(34)31(26(35)30-22)15-24(33)29-19-9-7-8-16(2)10-19/h7-13,17H,6,14-15H2,1-5H3,(H,29,33)(H,30,35)/b22-12+. The SMILES string of the molecule is CCN1c2cc(F)c(/C=C3/NC(=O)N(CC(=O)Nc4cccc(C)c4)C3=O)cc2C(C)CC1(C)C. The second kappa shape index (κ2) is 9.17. The van der Waals surface area contributed by atoms with Crippen LogP contribution in [0.1, 0.15) is 56.7 Å². The third kappa shape index (κ3) is 4.78. The van der Waals surface area contributed by atoms with Crippen LogP contribution < -0.4 is 15.5 Å². The number of nitrogens with one attached hydrogen (secondary N) is 2. The molecule has 0 aliphatic carbocycles. The molecule has 4 rings (SSSR count). The molecule has 0 bridgehead atoms. The maximum Gasteiger partial charge on any atom is 0.329 e. The number of fused-ring (bicyclic) bond motifs is 1. The molecule has 1 fully saturated rings. The number of aryl methyl sites for hydroxylation is 1. The Morgan fingerprint density at radius 2 is 2.00 bits per heavy atom. The van der Waals surface area contributed by atoms with Crippen LogP contribution in [0, 0.1) is 12.7 Å². The summed E-state index contributed by atoms with van der Waals surface area (Å²) in [6.07, 6.45) is 2.26. The lowest BCUT2D eigenvalue weighted by Crippen LogP contribution is -2.48. The molecule has 2 aromatic rings. The molecule has 2 heterocycles. The molecule has 7 nitrogen and oxygen atoms in total. The molecule has 0 radical (unpaired) electrons. The lowest BCUT2D eigenvalue weighted by atomic mass is 9.79. The van der Waals surface area contributed by atoms with E-state index in [0.717, 1.165) is 34.7 Å². The number of anilines is 2. The average Bonchev–Trinajstić information content (AvgIpc) is 3.02. The zero-order valence-corrected chi connectivity index (χ0v) is 20.7. The van der Waals surface area contributed by atoms with Gasteiger partial charge in [0.2, 0.25) is 5.91 Å². The smallest absolute Gasteiger partial charge is 0.329 e. The van der Waals surface area contributed by atoms with E-state index in [2.05, 4.69) is 36.3 Å².